The monoisotopic (exact) mass is 295 g/mol. The van der Waals surface area contributed by atoms with Gasteiger partial charge in [-0.05, 0) is 12.3 Å². The SMILES string of the molecule is CCCC[C@@H](CC)CNC(=O)[C@@H]1[C@@H](C(=O)O)[C@@H]2C=C[C@@H]1O2. The van der Waals surface area contributed by atoms with Gasteiger partial charge in [-0.15, -0.1) is 0 Å². The second-order valence-corrected chi connectivity index (χ2v) is 6.00. The Labute approximate surface area is 125 Å². The van der Waals surface area contributed by atoms with Crippen LogP contribution in [0.5, 0.6) is 0 Å². The number of rotatable bonds is 8. The molecule has 5 heteroatoms. The summed E-state index contributed by atoms with van der Waals surface area (Å²) in [6, 6.07) is 0. The van der Waals surface area contributed by atoms with Gasteiger partial charge >= 0.3 is 5.97 Å². The molecule has 1 fully saturated rings. The van der Waals surface area contributed by atoms with E-state index in [0.29, 0.717) is 12.5 Å². The molecule has 2 bridgehead atoms. The van der Waals surface area contributed by atoms with E-state index in [4.69, 9.17) is 4.74 Å². The van der Waals surface area contributed by atoms with Crippen molar-refractivity contribution in [1.82, 2.24) is 5.32 Å². The highest BCUT2D eigenvalue weighted by Crippen LogP contribution is 2.39. The lowest BCUT2D eigenvalue weighted by atomic mass is 9.82. The second kappa shape index (κ2) is 7.07. The minimum atomic E-state index is -0.954. The summed E-state index contributed by atoms with van der Waals surface area (Å²) in [6.07, 6.45) is 7.16. The van der Waals surface area contributed by atoms with Crippen molar-refractivity contribution in [3.63, 3.8) is 0 Å². The summed E-state index contributed by atoms with van der Waals surface area (Å²) in [5, 5.41) is 12.2. The van der Waals surface area contributed by atoms with Crippen LogP contribution >= 0.6 is 0 Å². The maximum absolute atomic E-state index is 12.4. The number of carbonyl (C=O) groups is 2. The summed E-state index contributed by atoms with van der Waals surface area (Å²) in [5.74, 6) is -2.02. The summed E-state index contributed by atoms with van der Waals surface area (Å²) in [4.78, 5) is 23.7. The van der Waals surface area contributed by atoms with Crippen LogP contribution in [0.4, 0.5) is 0 Å². The molecule has 0 spiro atoms. The number of carboxylic acids is 1. The van der Waals surface area contributed by atoms with Crippen molar-refractivity contribution in [2.75, 3.05) is 6.54 Å². The Hall–Kier alpha value is -1.36. The van der Waals surface area contributed by atoms with Crippen LogP contribution in [-0.4, -0.2) is 35.7 Å². The number of ether oxygens (including phenoxy) is 1. The largest absolute Gasteiger partial charge is 0.481 e. The van der Waals surface area contributed by atoms with Crippen molar-refractivity contribution in [3.05, 3.63) is 12.2 Å². The van der Waals surface area contributed by atoms with Crippen LogP contribution in [0.15, 0.2) is 12.2 Å². The molecule has 1 amide bonds. The van der Waals surface area contributed by atoms with Crippen molar-refractivity contribution < 1.29 is 19.4 Å². The molecular weight excluding hydrogens is 270 g/mol. The van der Waals surface area contributed by atoms with Crippen LogP contribution < -0.4 is 5.32 Å². The summed E-state index contributed by atoms with van der Waals surface area (Å²) in [5.41, 5.74) is 0. The van der Waals surface area contributed by atoms with E-state index in [-0.39, 0.29) is 12.0 Å². The molecule has 0 unspecified atom stereocenters. The molecule has 1 saturated heterocycles. The number of carbonyl (C=O) groups excluding carboxylic acids is 1. The molecule has 0 aliphatic carbocycles. The van der Waals surface area contributed by atoms with Gasteiger partial charge in [0.15, 0.2) is 0 Å². The summed E-state index contributed by atoms with van der Waals surface area (Å²) in [6.45, 7) is 4.90. The van der Waals surface area contributed by atoms with Gasteiger partial charge in [0.1, 0.15) is 5.92 Å². The van der Waals surface area contributed by atoms with Gasteiger partial charge in [-0.2, -0.15) is 0 Å². The van der Waals surface area contributed by atoms with E-state index < -0.39 is 23.9 Å². The molecule has 2 rings (SSSR count). The van der Waals surface area contributed by atoms with Crippen LogP contribution in [0.1, 0.15) is 39.5 Å². The van der Waals surface area contributed by atoms with Crippen molar-refractivity contribution in [3.8, 4) is 0 Å². The Morgan fingerprint density at radius 3 is 2.48 bits per heavy atom. The fraction of sp³-hybridized carbons (Fsp3) is 0.750. The smallest absolute Gasteiger partial charge is 0.310 e. The number of fused-ring (bicyclic) bond motifs is 2. The number of hydrogen-bond donors (Lipinski definition) is 2. The quantitative estimate of drug-likeness (QED) is 0.671. The van der Waals surface area contributed by atoms with E-state index in [1.165, 1.54) is 0 Å². The lowest BCUT2D eigenvalue weighted by Gasteiger charge is -2.22. The van der Waals surface area contributed by atoms with E-state index >= 15 is 0 Å². The molecule has 118 valence electrons. The average Bonchev–Trinajstić information content (AvgIpc) is 3.07. The lowest BCUT2D eigenvalue weighted by Crippen LogP contribution is -2.43. The first-order valence-corrected chi connectivity index (χ1v) is 7.92. The van der Waals surface area contributed by atoms with Gasteiger partial charge in [0.25, 0.3) is 0 Å². The molecule has 0 radical (unpaired) electrons. The fourth-order valence-electron chi connectivity index (χ4n) is 3.22. The normalized spacial score (nSPS) is 31.3. The molecule has 0 aromatic rings. The molecule has 2 aliphatic rings. The summed E-state index contributed by atoms with van der Waals surface area (Å²) in [7, 11) is 0. The van der Waals surface area contributed by atoms with Crippen LogP contribution in [0.2, 0.25) is 0 Å². The van der Waals surface area contributed by atoms with E-state index in [1.54, 1.807) is 6.08 Å². The maximum Gasteiger partial charge on any atom is 0.310 e. The third kappa shape index (κ3) is 3.46. The summed E-state index contributed by atoms with van der Waals surface area (Å²) < 4.78 is 5.53. The van der Waals surface area contributed by atoms with Crippen molar-refractivity contribution in [1.29, 1.82) is 0 Å². The first-order valence-electron chi connectivity index (χ1n) is 7.92. The van der Waals surface area contributed by atoms with Crippen molar-refractivity contribution in [2.45, 2.75) is 51.7 Å². The number of carboxylic acid groups (broad SMARTS) is 1. The molecule has 0 aromatic carbocycles. The number of aliphatic carboxylic acids is 1. The molecule has 21 heavy (non-hydrogen) atoms. The van der Waals surface area contributed by atoms with Crippen LogP contribution in [0.25, 0.3) is 0 Å². The minimum Gasteiger partial charge on any atom is -0.481 e. The zero-order valence-corrected chi connectivity index (χ0v) is 12.7. The fourth-order valence-corrected chi connectivity index (χ4v) is 3.22. The zero-order chi connectivity index (χ0) is 15.4. The molecule has 5 atom stereocenters. The molecule has 2 heterocycles. The standard InChI is InChI=1S/C16H25NO4/c1-3-5-6-10(4-2)9-17-15(18)13-11-7-8-12(21-11)14(13)16(19)20/h7-8,10-14H,3-6,9H2,1-2H3,(H,17,18)(H,19,20)/t10-,11+,12+,13+,14+/m1/s1. The van der Waals surface area contributed by atoms with Gasteiger partial charge < -0.3 is 15.2 Å². The maximum atomic E-state index is 12.4. The van der Waals surface area contributed by atoms with Crippen molar-refractivity contribution in [2.24, 2.45) is 17.8 Å². The highest BCUT2D eigenvalue weighted by atomic mass is 16.5. The van der Waals surface area contributed by atoms with Gasteiger partial charge in [-0.25, -0.2) is 0 Å². The van der Waals surface area contributed by atoms with Gasteiger partial charge in [0.05, 0.1) is 18.1 Å². The number of unbranched alkanes of at least 4 members (excludes halogenated alkanes) is 1. The highest BCUT2D eigenvalue weighted by molar-refractivity contribution is 5.87. The minimum absolute atomic E-state index is 0.186. The molecule has 2 aliphatic heterocycles. The second-order valence-electron chi connectivity index (χ2n) is 6.00. The van der Waals surface area contributed by atoms with Gasteiger partial charge in [0, 0.05) is 6.54 Å². The van der Waals surface area contributed by atoms with Crippen LogP contribution in [0.3, 0.4) is 0 Å². The first kappa shape index (κ1) is 16.0. The molecule has 5 nitrogen and oxygen atoms in total. The number of nitrogens with one attached hydrogen (secondary N) is 1. The predicted molar refractivity (Wildman–Crippen MR) is 78.7 cm³/mol. The predicted octanol–water partition coefficient (Wildman–Crippen LogP) is 1.97. The average molecular weight is 295 g/mol. The Kier molecular flexibility index (Phi) is 5.39. The number of amides is 1. The Bertz CT molecular complexity index is 421. The van der Waals surface area contributed by atoms with Crippen molar-refractivity contribution >= 4 is 11.9 Å². The van der Waals surface area contributed by atoms with Crippen LogP contribution in [-0.2, 0) is 14.3 Å². The van der Waals surface area contributed by atoms with E-state index in [0.717, 1.165) is 25.7 Å². The summed E-state index contributed by atoms with van der Waals surface area (Å²) >= 11 is 0. The van der Waals surface area contributed by atoms with Crippen LogP contribution in [0, 0.1) is 17.8 Å². The highest BCUT2D eigenvalue weighted by Gasteiger charge is 2.53. The van der Waals surface area contributed by atoms with E-state index in [2.05, 4.69) is 19.2 Å². The third-order valence-corrected chi connectivity index (χ3v) is 4.60. The van der Waals surface area contributed by atoms with Gasteiger partial charge in [-0.3, -0.25) is 9.59 Å². The topological polar surface area (TPSA) is 75.6 Å². The van der Waals surface area contributed by atoms with Gasteiger partial charge in [0.2, 0.25) is 5.91 Å². The Balaban J connectivity index is 1.90. The van der Waals surface area contributed by atoms with Gasteiger partial charge in [-0.1, -0.05) is 45.3 Å². The zero-order valence-electron chi connectivity index (χ0n) is 12.7. The number of hydrogen-bond acceptors (Lipinski definition) is 3. The molecular formula is C16H25NO4. The Morgan fingerprint density at radius 1 is 1.24 bits per heavy atom. The van der Waals surface area contributed by atoms with E-state index in [9.17, 15) is 14.7 Å². The first-order chi connectivity index (χ1) is 10.1. The van der Waals surface area contributed by atoms with E-state index in [1.807, 2.05) is 6.08 Å². The molecule has 0 aromatic heterocycles. The molecule has 0 saturated carbocycles. The Morgan fingerprint density at radius 2 is 1.90 bits per heavy atom. The molecule has 2 N–H and O–H groups in total. The third-order valence-electron chi connectivity index (χ3n) is 4.60. The lowest BCUT2D eigenvalue weighted by molar-refractivity contribution is -0.146.